The fraction of sp³-hybridized carbons (Fsp3) is 0.800. The second-order valence-electron chi connectivity index (χ2n) is 1.49. The van der Waals surface area contributed by atoms with E-state index in [-0.39, 0.29) is 6.79 Å². The van der Waals surface area contributed by atoms with Crippen LogP contribution in [0.3, 0.4) is 0 Å². The minimum atomic E-state index is -1.13. The predicted octanol–water partition coefficient (Wildman–Crippen LogP) is 0.300. The van der Waals surface area contributed by atoms with E-state index in [1.54, 1.807) is 0 Å². The number of carbonyl (C=O) groups excluding carboxylic acids is 1. The Bertz CT molecular complexity index is 89.0. The van der Waals surface area contributed by atoms with Gasteiger partial charge in [0.05, 0.1) is 0 Å². The molecule has 0 aliphatic heterocycles. The molecule has 1 radical (unpaired) electrons. The molecule has 4 nitrogen and oxygen atoms in total. The summed E-state index contributed by atoms with van der Waals surface area (Å²) in [6, 6.07) is 0. The van der Waals surface area contributed by atoms with Crippen LogP contribution in [0.5, 0.6) is 0 Å². The Hall–Kier alpha value is -0.610. The van der Waals surface area contributed by atoms with Gasteiger partial charge in [0.25, 0.3) is 0 Å². The van der Waals surface area contributed by atoms with Crippen molar-refractivity contribution in [2.24, 2.45) is 0 Å². The summed E-state index contributed by atoms with van der Waals surface area (Å²) in [5, 5.41) is 10.1. The first kappa shape index (κ1) is 8.39. The van der Waals surface area contributed by atoms with Gasteiger partial charge in [0.1, 0.15) is 0 Å². The highest BCUT2D eigenvalue weighted by atomic mass is 16.7. The SMILES string of the molecule is CC(=O)OCOC(C)[O]. The molecule has 0 amide bonds. The van der Waals surface area contributed by atoms with Gasteiger partial charge in [-0.05, 0) is 6.92 Å². The molecule has 0 aromatic rings. The third-order valence-corrected chi connectivity index (χ3v) is 0.565. The highest BCUT2D eigenvalue weighted by Crippen LogP contribution is 1.85. The summed E-state index contributed by atoms with van der Waals surface area (Å²) in [4.78, 5) is 10.0. The van der Waals surface area contributed by atoms with E-state index in [0.29, 0.717) is 0 Å². The monoisotopic (exact) mass is 133 g/mol. The maximum atomic E-state index is 10.1. The van der Waals surface area contributed by atoms with Crippen LogP contribution in [-0.4, -0.2) is 19.1 Å². The van der Waals surface area contributed by atoms with E-state index in [9.17, 15) is 9.90 Å². The van der Waals surface area contributed by atoms with Gasteiger partial charge >= 0.3 is 5.97 Å². The van der Waals surface area contributed by atoms with Crippen LogP contribution in [0.25, 0.3) is 0 Å². The Morgan fingerprint density at radius 2 is 2.22 bits per heavy atom. The van der Waals surface area contributed by atoms with Gasteiger partial charge in [0.2, 0.25) is 0 Å². The zero-order valence-corrected chi connectivity index (χ0v) is 5.42. The average molecular weight is 133 g/mol. The van der Waals surface area contributed by atoms with Crippen molar-refractivity contribution in [1.82, 2.24) is 0 Å². The Labute approximate surface area is 53.4 Å². The van der Waals surface area contributed by atoms with Crippen molar-refractivity contribution in [3.63, 3.8) is 0 Å². The predicted molar refractivity (Wildman–Crippen MR) is 27.9 cm³/mol. The molecular weight excluding hydrogens is 124 g/mol. The van der Waals surface area contributed by atoms with Crippen LogP contribution in [-0.2, 0) is 19.4 Å². The molecule has 0 saturated carbocycles. The molecule has 53 valence electrons. The molecule has 0 aliphatic carbocycles. The van der Waals surface area contributed by atoms with Crippen molar-refractivity contribution in [1.29, 1.82) is 0 Å². The van der Waals surface area contributed by atoms with Gasteiger partial charge < -0.3 is 9.47 Å². The Kier molecular flexibility index (Phi) is 4.00. The zero-order chi connectivity index (χ0) is 7.28. The van der Waals surface area contributed by atoms with E-state index in [0.717, 1.165) is 0 Å². The minimum absolute atomic E-state index is 0.250. The summed E-state index contributed by atoms with van der Waals surface area (Å²) in [6.45, 7) is 2.32. The van der Waals surface area contributed by atoms with E-state index in [1.165, 1.54) is 13.8 Å². The number of ether oxygens (including phenoxy) is 2. The van der Waals surface area contributed by atoms with Crippen molar-refractivity contribution in [2.45, 2.75) is 20.1 Å². The van der Waals surface area contributed by atoms with Gasteiger partial charge in [0, 0.05) is 6.92 Å². The first-order valence-corrected chi connectivity index (χ1v) is 2.53. The molecule has 0 fully saturated rings. The smallest absolute Gasteiger partial charge is 0.304 e. The summed E-state index contributed by atoms with van der Waals surface area (Å²) < 4.78 is 8.65. The minimum Gasteiger partial charge on any atom is -0.439 e. The second-order valence-corrected chi connectivity index (χ2v) is 1.49. The van der Waals surface area contributed by atoms with Gasteiger partial charge in [-0.15, -0.1) is 0 Å². The Balaban J connectivity index is 3.01. The van der Waals surface area contributed by atoms with Crippen LogP contribution in [0.15, 0.2) is 0 Å². The van der Waals surface area contributed by atoms with Gasteiger partial charge in [-0.1, -0.05) is 0 Å². The maximum absolute atomic E-state index is 10.1. The Morgan fingerprint density at radius 3 is 2.56 bits per heavy atom. The molecule has 0 N–H and O–H groups in total. The number of carbonyl (C=O) groups is 1. The molecule has 1 unspecified atom stereocenters. The van der Waals surface area contributed by atoms with E-state index < -0.39 is 12.3 Å². The average Bonchev–Trinajstić information content (AvgIpc) is 1.63. The third kappa shape index (κ3) is 7.39. The normalized spacial score (nSPS) is 12.8. The Morgan fingerprint density at radius 1 is 1.67 bits per heavy atom. The lowest BCUT2D eigenvalue weighted by atomic mass is 10.8. The summed E-state index contributed by atoms with van der Waals surface area (Å²) in [5.74, 6) is -0.448. The lowest BCUT2D eigenvalue weighted by Gasteiger charge is -2.02. The molecule has 0 rings (SSSR count). The molecule has 0 aromatic carbocycles. The van der Waals surface area contributed by atoms with Crippen molar-refractivity contribution in [3.05, 3.63) is 0 Å². The quantitative estimate of drug-likeness (QED) is 0.411. The maximum Gasteiger partial charge on any atom is 0.304 e. The molecule has 0 heterocycles. The fourth-order valence-electron chi connectivity index (χ4n) is 0.213. The molecule has 9 heavy (non-hydrogen) atoms. The molecular formula is C5H9O4. The van der Waals surface area contributed by atoms with Crippen LogP contribution in [0, 0.1) is 0 Å². The highest BCUT2D eigenvalue weighted by Gasteiger charge is 1.96. The molecule has 0 saturated heterocycles. The van der Waals surface area contributed by atoms with Gasteiger partial charge in [-0.3, -0.25) is 4.79 Å². The van der Waals surface area contributed by atoms with Crippen molar-refractivity contribution in [3.8, 4) is 0 Å². The lowest BCUT2D eigenvalue weighted by molar-refractivity contribution is -0.192. The van der Waals surface area contributed by atoms with E-state index >= 15 is 0 Å². The molecule has 0 aromatic heterocycles. The number of esters is 1. The van der Waals surface area contributed by atoms with E-state index in [4.69, 9.17) is 0 Å². The second kappa shape index (κ2) is 4.29. The van der Waals surface area contributed by atoms with Gasteiger partial charge in [0.15, 0.2) is 13.1 Å². The molecule has 0 aliphatic rings. The van der Waals surface area contributed by atoms with Crippen molar-refractivity contribution in [2.75, 3.05) is 6.79 Å². The van der Waals surface area contributed by atoms with Gasteiger partial charge in [-0.2, -0.15) is 0 Å². The number of hydrogen-bond acceptors (Lipinski definition) is 3. The zero-order valence-electron chi connectivity index (χ0n) is 5.42. The highest BCUT2D eigenvalue weighted by molar-refractivity contribution is 5.65. The third-order valence-electron chi connectivity index (χ3n) is 0.565. The largest absolute Gasteiger partial charge is 0.439 e. The molecule has 0 bridgehead atoms. The summed E-state index contributed by atoms with van der Waals surface area (Å²) >= 11 is 0. The van der Waals surface area contributed by atoms with Crippen molar-refractivity contribution < 1.29 is 19.4 Å². The number of hydrogen-bond donors (Lipinski definition) is 0. The lowest BCUT2D eigenvalue weighted by Crippen LogP contribution is -2.10. The first-order chi connectivity index (χ1) is 4.13. The molecule has 4 heteroatoms. The first-order valence-electron chi connectivity index (χ1n) is 2.53. The summed E-state index contributed by atoms with van der Waals surface area (Å²) in [7, 11) is 0. The van der Waals surface area contributed by atoms with Crippen LogP contribution in [0.2, 0.25) is 0 Å². The standard InChI is InChI=1S/C5H9O4/c1-4(6)8-3-9-5(2)7/h4H,3H2,1-2H3. The topological polar surface area (TPSA) is 55.4 Å². The van der Waals surface area contributed by atoms with Crippen LogP contribution in [0.4, 0.5) is 0 Å². The van der Waals surface area contributed by atoms with Crippen molar-refractivity contribution >= 4 is 5.97 Å². The summed E-state index contributed by atoms with van der Waals surface area (Å²) in [6.07, 6.45) is -1.13. The van der Waals surface area contributed by atoms with Crippen LogP contribution >= 0.6 is 0 Å². The summed E-state index contributed by atoms with van der Waals surface area (Å²) in [5.41, 5.74) is 0. The van der Waals surface area contributed by atoms with Crippen LogP contribution < -0.4 is 0 Å². The number of rotatable bonds is 3. The molecule has 0 spiro atoms. The van der Waals surface area contributed by atoms with Gasteiger partial charge in [-0.25, -0.2) is 5.11 Å². The fourth-order valence-corrected chi connectivity index (χ4v) is 0.213. The van der Waals surface area contributed by atoms with E-state index in [2.05, 4.69) is 9.47 Å². The van der Waals surface area contributed by atoms with Crippen LogP contribution in [0.1, 0.15) is 13.8 Å². The molecule has 1 atom stereocenters. The van der Waals surface area contributed by atoms with E-state index in [1.807, 2.05) is 0 Å².